The number of aromatic nitrogens is 2. The van der Waals surface area contributed by atoms with E-state index in [-0.39, 0.29) is 0 Å². The third kappa shape index (κ3) is 2.96. The number of nitrogens with zero attached hydrogens (tertiary/aromatic N) is 2. The minimum atomic E-state index is 0.433. The van der Waals surface area contributed by atoms with Crippen LogP contribution in [0.3, 0.4) is 0 Å². The van der Waals surface area contributed by atoms with Gasteiger partial charge in [0.05, 0.1) is 0 Å². The van der Waals surface area contributed by atoms with Crippen molar-refractivity contribution >= 4 is 27.5 Å². The van der Waals surface area contributed by atoms with Crippen molar-refractivity contribution in [3.8, 4) is 11.6 Å². The lowest BCUT2D eigenvalue weighted by Crippen LogP contribution is -1.97. The molecular weight excluding hydrogens is 340 g/mol. The molecule has 5 heteroatoms. The topological polar surface area (TPSA) is 35.0 Å². The number of rotatable bonds is 3. The maximum absolute atomic E-state index is 6.04. The van der Waals surface area contributed by atoms with Gasteiger partial charge in [-0.1, -0.05) is 27.5 Å². The molecule has 0 atom stereocenters. The van der Waals surface area contributed by atoms with Crippen LogP contribution in [0.4, 0.5) is 0 Å². The summed E-state index contributed by atoms with van der Waals surface area (Å²) >= 11 is 9.58. The highest BCUT2D eigenvalue weighted by Gasteiger charge is 2.27. The highest BCUT2D eigenvalue weighted by Crippen LogP contribution is 2.39. The summed E-state index contributed by atoms with van der Waals surface area (Å²) in [6.07, 6.45) is 2.27. The minimum Gasteiger partial charge on any atom is -0.439 e. The number of aryl methyl sites for hydroxylation is 2. The third-order valence-corrected chi connectivity index (χ3v) is 4.71. The van der Waals surface area contributed by atoms with Crippen LogP contribution in [0, 0.1) is 13.8 Å². The zero-order valence-electron chi connectivity index (χ0n) is 11.3. The first-order valence-electron chi connectivity index (χ1n) is 6.52. The number of hydrogen-bond acceptors (Lipinski definition) is 3. The summed E-state index contributed by atoms with van der Waals surface area (Å²) in [5, 5.41) is 0.433. The van der Waals surface area contributed by atoms with E-state index in [2.05, 4.69) is 25.9 Å². The lowest BCUT2D eigenvalue weighted by atomic mass is 10.1. The first kappa shape index (κ1) is 13.8. The van der Waals surface area contributed by atoms with Gasteiger partial charge < -0.3 is 4.74 Å². The van der Waals surface area contributed by atoms with E-state index in [1.807, 2.05) is 26.0 Å². The standard InChI is InChI=1S/C15H14BrClN2O/c1-8-5-11(6-9(2)14(8)16)20-13-7-12(17)18-15(19-13)10-3-4-10/h5-7,10H,3-4H2,1-2H3. The van der Waals surface area contributed by atoms with Crippen LogP contribution >= 0.6 is 27.5 Å². The van der Waals surface area contributed by atoms with Crippen molar-refractivity contribution in [2.75, 3.05) is 0 Å². The fourth-order valence-electron chi connectivity index (χ4n) is 2.08. The van der Waals surface area contributed by atoms with Crippen LogP contribution in [0.1, 0.15) is 35.7 Å². The van der Waals surface area contributed by atoms with Crippen molar-refractivity contribution in [2.45, 2.75) is 32.6 Å². The Kier molecular flexibility index (Phi) is 3.69. The Labute approximate surface area is 131 Å². The summed E-state index contributed by atoms with van der Waals surface area (Å²) in [6, 6.07) is 5.61. The highest BCUT2D eigenvalue weighted by atomic mass is 79.9. The Balaban J connectivity index is 1.91. The number of ether oxygens (including phenoxy) is 1. The van der Waals surface area contributed by atoms with E-state index in [9.17, 15) is 0 Å². The second-order valence-electron chi connectivity index (χ2n) is 5.13. The second-order valence-corrected chi connectivity index (χ2v) is 6.31. The third-order valence-electron chi connectivity index (χ3n) is 3.26. The van der Waals surface area contributed by atoms with Gasteiger partial charge in [0.1, 0.15) is 16.7 Å². The van der Waals surface area contributed by atoms with Gasteiger partial charge in [-0.2, -0.15) is 4.98 Å². The van der Waals surface area contributed by atoms with E-state index >= 15 is 0 Å². The zero-order chi connectivity index (χ0) is 14.3. The molecule has 1 aliphatic rings. The van der Waals surface area contributed by atoms with Crippen LogP contribution < -0.4 is 4.74 Å². The van der Waals surface area contributed by atoms with Crippen LogP contribution in [-0.2, 0) is 0 Å². The Hall–Kier alpha value is -1.13. The predicted molar refractivity (Wildman–Crippen MR) is 82.7 cm³/mol. The predicted octanol–water partition coefficient (Wildman–Crippen LogP) is 5.18. The molecule has 1 aliphatic carbocycles. The molecule has 1 heterocycles. The van der Waals surface area contributed by atoms with Gasteiger partial charge in [-0.25, -0.2) is 4.98 Å². The molecule has 1 fully saturated rings. The molecule has 1 saturated carbocycles. The first-order valence-corrected chi connectivity index (χ1v) is 7.69. The largest absolute Gasteiger partial charge is 0.439 e. The lowest BCUT2D eigenvalue weighted by Gasteiger charge is -2.10. The summed E-state index contributed by atoms with van der Waals surface area (Å²) in [5.41, 5.74) is 2.25. The smallest absolute Gasteiger partial charge is 0.224 e. The Morgan fingerprint density at radius 1 is 1.15 bits per heavy atom. The molecule has 1 aromatic heterocycles. The molecule has 0 unspecified atom stereocenters. The van der Waals surface area contributed by atoms with Gasteiger partial charge in [0.15, 0.2) is 0 Å². The van der Waals surface area contributed by atoms with E-state index in [4.69, 9.17) is 16.3 Å². The molecule has 0 saturated heterocycles. The van der Waals surface area contributed by atoms with E-state index in [1.165, 1.54) is 0 Å². The molecule has 0 aliphatic heterocycles. The average molecular weight is 354 g/mol. The molecule has 0 radical (unpaired) electrons. The quantitative estimate of drug-likeness (QED) is 0.713. The summed E-state index contributed by atoms with van der Waals surface area (Å²) in [7, 11) is 0. The molecule has 3 nitrogen and oxygen atoms in total. The van der Waals surface area contributed by atoms with Gasteiger partial charge in [-0.15, -0.1) is 0 Å². The van der Waals surface area contributed by atoms with Gasteiger partial charge in [-0.3, -0.25) is 0 Å². The number of hydrogen-bond donors (Lipinski definition) is 0. The van der Waals surface area contributed by atoms with Crippen LogP contribution in [0.5, 0.6) is 11.6 Å². The van der Waals surface area contributed by atoms with Crippen molar-refractivity contribution in [3.05, 3.63) is 44.8 Å². The van der Waals surface area contributed by atoms with E-state index in [0.29, 0.717) is 17.0 Å². The van der Waals surface area contributed by atoms with Crippen molar-refractivity contribution in [3.63, 3.8) is 0 Å². The SMILES string of the molecule is Cc1cc(Oc2cc(Cl)nc(C3CC3)n2)cc(C)c1Br. The van der Waals surface area contributed by atoms with Crippen LogP contribution in [0.2, 0.25) is 5.15 Å². The summed E-state index contributed by atoms with van der Waals surface area (Å²) in [5.74, 6) is 2.51. The Bertz CT molecular complexity index is 648. The fourth-order valence-corrected chi connectivity index (χ4v) is 2.48. The van der Waals surface area contributed by atoms with E-state index < -0.39 is 0 Å². The molecule has 0 spiro atoms. The molecule has 0 N–H and O–H groups in total. The molecular formula is C15H14BrClN2O. The van der Waals surface area contributed by atoms with Gasteiger partial charge in [0.25, 0.3) is 0 Å². The Morgan fingerprint density at radius 3 is 2.40 bits per heavy atom. The molecule has 0 amide bonds. The normalized spacial score (nSPS) is 14.4. The number of halogens is 2. The minimum absolute atomic E-state index is 0.433. The molecule has 0 bridgehead atoms. The van der Waals surface area contributed by atoms with Gasteiger partial charge >= 0.3 is 0 Å². The van der Waals surface area contributed by atoms with Gasteiger partial charge in [0, 0.05) is 16.5 Å². The van der Waals surface area contributed by atoms with Crippen LogP contribution in [-0.4, -0.2) is 9.97 Å². The summed E-state index contributed by atoms with van der Waals surface area (Å²) < 4.78 is 6.94. The average Bonchev–Trinajstić information content (AvgIpc) is 3.19. The highest BCUT2D eigenvalue weighted by molar-refractivity contribution is 9.10. The van der Waals surface area contributed by atoms with E-state index in [1.54, 1.807) is 6.07 Å². The molecule has 104 valence electrons. The van der Waals surface area contributed by atoms with Crippen LogP contribution in [0.15, 0.2) is 22.7 Å². The van der Waals surface area contributed by atoms with Crippen molar-refractivity contribution in [1.29, 1.82) is 0 Å². The second kappa shape index (κ2) is 5.34. The summed E-state index contributed by atoms with van der Waals surface area (Å²) in [4.78, 5) is 8.70. The monoisotopic (exact) mass is 352 g/mol. The molecule has 2 aromatic rings. The van der Waals surface area contributed by atoms with Crippen LogP contribution in [0.25, 0.3) is 0 Å². The maximum atomic E-state index is 6.04. The van der Waals surface area contributed by atoms with Crippen molar-refractivity contribution in [1.82, 2.24) is 9.97 Å². The van der Waals surface area contributed by atoms with Crippen molar-refractivity contribution < 1.29 is 4.74 Å². The molecule has 20 heavy (non-hydrogen) atoms. The Morgan fingerprint density at radius 2 is 1.80 bits per heavy atom. The number of benzene rings is 1. The van der Waals surface area contributed by atoms with Gasteiger partial charge in [-0.05, 0) is 49.9 Å². The summed E-state index contributed by atoms with van der Waals surface area (Å²) in [6.45, 7) is 4.07. The maximum Gasteiger partial charge on any atom is 0.224 e. The van der Waals surface area contributed by atoms with Gasteiger partial charge in [0.2, 0.25) is 5.88 Å². The molecule has 1 aromatic carbocycles. The zero-order valence-corrected chi connectivity index (χ0v) is 13.6. The fraction of sp³-hybridized carbons (Fsp3) is 0.333. The first-order chi connectivity index (χ1) is 9.52. The molecule has 3 rings (SSSR count). The van der Waals surface area contributed by atoms with Crippen molar-refractivity contribution in [2.24, 2.45) is 0 Å². The van der Waals surface area contributed by atoms with E-state index in [0.717, 1.165) is 40.0 Å². The lowest BCUT2D eigenvalue weighted by molar-refractivity contribution is 0.457.